The molecule has 118 valence electrons. The summed E-state index contributed by atoms with van der Waals surface area (Å²) in [6.07, 6.45) is 0.190. The molecule has 0 atom stereocenters. The fraction of sp³-hybridized carbons (Fsp3) is 0.600. The van der Waals surface area contributed by atoms with Gasteiger partial charge in [0.2, 0.25) is 0 Å². The number of nitrogens with zero attached hydrogens (tertiary/aromatic N) is 1. The zero-order chi connectivity index (χ0) is 15.3. The van der Waals surface area contributed by atoms with E-state index in [9.17, 15) is 13.2 Å². The summed E-state index contributed by atoms with van der Waals surface area (Å²) < 4.78 is 40.2. The van der Waals surface area contributed by atoms with Gasteiger partial charge in [0.1, 0.15) is 5.75 Å². The monoisotopic (exact) mass is 302 g/mol. The van der Waals surface area contributed by atoms with Crippen molar-refractivity contribution in [2.24, 2.45) is 5.73 Å². The van der Waals surface area contributed by atoms with Gasteiger partial charge in [-0.25, -0.2) is 0 Å². The van der Waals surface area contributed by atoms with Crippen LogP contribution in [0.5, 0.6) is 5.75 Å². The third kappa shape index (κ3) is 5.21. The highest BCUT2D eigenvalue weighted by Gasteiger charge is 2.31. The van der Waals surface area contributed by atoms with E-state index in [2.05, 4.69) is 9.64 Å². The minimum atomic E-state index is -4.64. The molecule has 0 amide bonds. The SMILES string of the molecule is NCCN(Cc1ccc(OC(F)(F)F)cc1)C1CCCC1. The summed E-state index contributed by atoms with van der Waals surface area (Å²) in [5.41, 5.74) is 6.63. The lowest BCUT2D eigenvalue weighted by Crippen LogP contribution is -2.36. The highest BCUT2D eigenvalue weighted by Crippen LogP contribution is 2.26. The molecule has 0 unspecified atom stereocenters. The van der Waals surface area contributed by atoms with Crippen molar-refractivity contribution in [2.75, 3.05) is 13.1 Å². The Bertz CT molecular complexity index is 428. The van der Waals surface area contributed by atoms with Gasteiger partial charge in [-0.15, -0.1) is 13.2 Å². The average molecular weight is 302 g/mol. The highest BCUT2D eigenvalue weighted by atomic mass is 19.4. The Morgan fingerprint density at radius 2 is 1.76 bits per heavy atom. The molecule has 0 saturated heterocycles. The van der Waals surface area contributed by atoms with Crippen LogP contribution in [0.15, 0.2) is 24.3 Å². The predicted octanol–water partition coefficient (Wildman–Crippen LogP) is 3.29. The first-order valence-electron chi connectivity index (χ1n) is 7.27. The Morgan fingerprint density at radius 3 is 2.29 bits per heavy atom. The first-order valence-corrected chi connectivity index (χ1v) is 7.27. The molecular formula is C15H21F3N2O. The predicted molar refractivity (Wildman–Crippen MR) is 74.8 cm³/mol. The molecule has 2 rings (SSSR count). The summed E-state index contributed by atoms with van der Waals surface area (Å²) in [6, 6.07) is 6.62. The lowest BCUT2D eigenvalue weighted by molar-refractivity contribution is -0.274. The maximum atomic E-state index is 12.1. The number of ether oxygens (including phenoxy) is 1. The molecule has 1 fully saturated rings. The summed E-state index contributed by atoms with van der Waals surface area (Å²) in [5, 5.41) is 0. The largest absolute Gasteiger partial charge is 0.573 e. The number of hydrogen-bond acceptors (Lipinski definition) is 3. The molecule has 1 aliphatic carbocycles. The minimum absolute atomic E-state index is 0.183. The van der Waals surface area contributed by atoms with Gasteiger partial charge in [0.15, 0.2) is 0 Å². The number of halogens is 3. The Morgan fingerprint density at radius 1 is 1.14 bits per heavy atom. The minimum Gasteiger partial charge on any atom is -0.406 e. The van der Waals surface area contributed by atoms with Crippen molar-refractivity contribution in [1.82, 2.24) is 4.90 Å². The van der Waals surface area contributed by atoms with Crippen molar-refractivity contribution >= 4 is 0 Å². The van der Waals surface area contributed by atoms with Crippen molar-refractivity contribution in [3.8, 4) is 5.75 Å². The molecule has 1 aromatic carbocycles. The van der Waals surface area contributed by atoms with Crippen molar-refractivity contribution in [3.05, 3.63) is 29.8 Å². The second-order valence-corrected chi connectivity index (χ2v) is 5.39. The van der Waals surface area contributed by atoms with E-state index in [-0.39, 0.29) is 5.75 Å². The van der Waals surface area contributed by atoms with Crippen molar-refractivity contribution < 1.29 is 17.9 Å². The average Bonchev–Trinajstić information content (AvgIpc) is 2.92. The molecule has 0 aliphatic heterocycles. The Labute approximate surface area is 122 Å². The second kappa shape index (κ2) is 7.13. The van der Waals surface area contributed by atoms with Crippen LogP contribution in [0.25, 0.3) is 0 Å². The lowest BCUT2D eigenvalue weighted by atomic mass is 10.1. The van der Waals surface area contributed by atoms with Crippen LogP contribution >= 0.6 is 0 Å². The number of nitrogens with two attached hydrogens (primary N) is 1. The standard InChI is InChI=1S/C15H21F3N2O/c16-15(17,18)21-14-7-5-12(6-8-14)11-20(10-9-19)13-3-1-2-4-13/h5-8,13H,1-4,9-11,19H2. The molecule has 0 aromatic heterocycles. The Hall–Kier alpha value is -1.27. The molecule has 2 N–H and O–H groups in total. The molecule has 3 nitrogen and oxygen atoms in total. The van der Waals surface area contributed by atoms with Crippen LogP contribution in [-0.2, 0) is 6.54 Å². The van der Waals surface area contributed by atoms with Crippen LogP contribution in [0.1, 0.15) is 31.2 Å². The maximum Gasteiger partial charge on any atom is 0.573 e. The van der Waals surface area contributed by atoms with Gasteiger partial charge in [0.05, 0.1) is 0 Å². The third-order valence-electron chi connectivity index (χ3n) is 3.80. The topological polar surface area (TPSA) is 38.5 Å². The van der Waals surface area contributed by atoms with Crippen LogP contribution < -0.4 is 10.5 Å². The van der Waals surface area contributed by atoms with E-state index in [1.54, 1.807) is 12.1 Å². The van der Waals surface area contributed by atoms with E-state index in [0.29, 0.717) is 19.1 Å². The van der Waals surface area contributed by atoms with E-state index in [0.717, 1.165) is 12.1 Å². The molecule has 1 aliphatic rings. The van der Waals surface area contributed by atoms with E-state index >= 15 is 0 Å². The maximum absolute atomic E-state index is 12.1. The number of benzene rings is 1. The summed E-state index contributed by atoms with van der Waals surface area (Å²) in [5.74, 6) is -0.183. The molecule has 1 aromatic rings. The van der Waals surface area contributed by atoms with Gasteiger partial charge in [0, 0.05) is 25.7 Å². The zero-order valence-electron chi connectivity index (χ0n) is 11.9. The molecule has 0 spiro atoms. The molecule has 6 heteroatoms. The van der Waals surface area contributed by atoms with Gasteiger partial charge < -0.3 is 10.5 Å². The van der Waals surface area contributed by atoms with E-state index in [1.807, 2.05) is 0 Å². The smallest absolute Gasteiger partial charge is 0.406 e. The van der Waals surface area contributed by atoms with Gasteiger partial charge >= 0.3 is 6.36 Å². The van der Waals surface area contributed by atoms with E-state index in [1.165, 1.54) is 37.8 Å². The summed E-state index contributed by atoms with van der Waals surface area (Å²) in [6.45, 7) is 2.12. The van der Waals surface area contributed by atoms with Crippen LogP contribution in [0.3, 0.4) is 0 Å². The number of alkyl halides is 3. The van der Waals surface area contributed by atoms with Gasteiger partial charge in [-0.3, -0.25) is 4.90 Å². The first kappa shape index (κ1) is 16.1. The van der Waals surface area contributed by atoms with Gasteiger partial charge in [-0.2, -0.15) is 0 Å². The van der Waals surface area contributed by atoms with Crippen LogP contribution in [0.4, 0.5) is 13.2 Å². The normalized spacial score (nSPS) is 16.6. The van der Waals surface area contributed by atoms with Crippen LogP contribution in [-0.4, -0.2) is 30.4 Å². The first-order chi connectivity index (χ1) is 9.98. The van der Waals surface area contributed by atoms with Crippen molar-refractivity contribution in [3.63, 3.8) is 0 Å². The van der Waals surface area contributed by atoms with E-state index in [4.69, 9.17) is 5.73 Å². The number of rotatable bonds is 6. The van der Waals surface area contributed by atoms with Gasteiger partial charge in [0.25, 0.3) is 0 Å². The lowest BCUT2D eigenvalue weighted by Gasteiger charge is -2.28. The Balaban J connectivity index is 1.96. The van der Waals surface area contributed by atoms with Gasteiger partial charge in [-0.1, -0.05) is 25.0 Å². The molecular weight excluding hydrogens is 281 g/mol. The van der Waals surface area contributed by atoms with Crippen molar-refractivity contribution in [1.29, 1.82) is 0 Å². The van der Waals surface area contributed by atoms with Crippen molar-refractivity contribution in [2.45, 2.75) is 44.6 Å². The third-order valence-corrected chi connectivity index (χ3v) is 3.80. The van der Waals surface area contributed by atoms with Gasteiger partial charge in [-0.05, 0) is 30.5 Å². The highest BCUT2D eigenvalue weighted by molar-refractivity contribution is 5.27. The quantitative estimate of drug-likeness (QED) is 0.876. The molecule has 0 heterocycles. The van der Waals surface area contributed by atoms with Crippen LogP contribution in [0.2, 0.25) is 0 Å². The fourth-order valence-electron chi connectivity index (χ4n) is 2.86. The number of hydrogen-bond donors (Lipinski definition) is 1. The second-order valence-electron chi connectivity index (χ2n) is 5.39. The van der Waals surface area contributed by atoms with E-state index < -0.39 is 6.36 Å². The van der Waals surface area contributed by atoms with Crippen LogP contribution in [0, 0.1) is 0 Å². The summed E-state index contributed by atoms with van der Waals surface area (Å²) in [4.78, 5) is 2.33. The molecule has 0 bridgehead atoms. The fourth-order valence-corrected chi connectivity index (χ4v) is 2.86. The summed E-state index contributed by atoms with van der Waals surface area (Å²) in [7, 11) is 0. The Kier molecular flexibility index (Phi) is 5.47. The zero-order valence-corrected chi connectivity index (χ0v) is 11.9. The molecule has 1 saturated carbocycles. The molecule has 21 heavy (non-hydrogen) atoms. The summed E-state index contributed by atoms with van der Waals surface area (Å²) >= 11 is 0. The molecule has 0 radical (unpaired) electrons.